The highest BCUT2D eigenvalue weighted by atomic mass is 16.5. The first-order valence-electron chi connectivity index (χ1n) is 6.30. The van der Waals surface area contributed by atoms with Crippen molar-refractivity contribution in [2.24, 2.45) is 5.92 Å². The maximum Gasteiger partial charge on any atom is 0.319 e. The van der Waals surface area contributed by atoms with E-state index in [1.807, 2.05) is 18.0 Å². The maximum atomic E-state index is 12.1. The molecule has 0 bridgehead atoms. The van der Waals surface area contributed by atoms with Crippen molar-refractivity contribution in [3.05, 3.63) is 12.7 Å². The van der Waals surface area contributed by atoms with Crippen LogP contribution in [-0.2, 0) is 4.74 Å². The summed E-state index contributed by atoms with van der Waals surface area (Å²) in [5.41, 5.74) is 0. The fraction of sp³-hybridized carbons (Fsp3) is 0.769. The lowest BCUT2D eigenvalue weighted by Crippen LogP contribution is -2.45. The number of urea groups is 1. The molecule has 2 amide bonds. The fourth-order valence-corrected chi connectivity index (χ4v) is 2.11. The predicted octanol–water partition coefficient (Wildman–Crippen LogP) is 1.97. The number of ether oxygens (including phenoxy) is 1. The van der Waals surface area contributed by atoms with Crippen molar-refractivity contribution in [3.63, 3.8) is 0 Å². The number of methoxy groups -OCH3 is 1. The largest absolute Gasteiger partial charge is 0.385 e. The minimum Gasteiger partial charge on any atom is -0.385 e. The fourth-order valence-electron chi connectivity index (χ4n) is 2.11. The summed E-state index contributed by atoms with van der Waals surface area (Å²) in [6.07, 6.45) is 4.98. The second kappa shape index (κ2) is 7.33. The van der Waals surface area contributed by atoms with Crippen LogP contribution in [0.25, 0.3) is 0 Å². The molecule has 98 valence electrons. The highest BCUT2D eigenvalue weighted by Crippen LogP contribution is 2.18. The molecular formula is C13H24N2O2. The molecule has 1 rings (SSSR count). The average Bonchev–Trinajstić information content (AvgIpc) is 2.38. The number of likely N-dealkylation sites (tertiary alicyclic amines) is 1. The molecule has 0 atom stereocenters. The van der Waals surface area contributed by atoms with Crippen LogP contribution in [0.3, 0.4) is 0 Å². The molecule has 0 N–H and O–H groups in total. The molecule has 0 aliphatic carbocycles. The van der Waals surface area contributed by atoms with Crippen LogP contribution in [-0.4, -0.2) is 56.2 Å². The molecule has 4 nitrogen and oxygen atoms in total. The number of hydrogen-bond donors (Lipinski definition) is 0. The standard InChI is InChI=1S/C13H24N2O2/c1-4-12-6-9-15(10-7-12)13(16)14(2)8-5-11-17-3/h4,12H,1,5-11H2,2-3H3. The van der Waals surface area contributed by atoms with Gasteiger partial charge in [-0.3, -0.25) is 0 Å². The second-order valence-corrected chi connectivity index (χ2v) is 4.61. The summed E-state index contributed by atoms with van der Waals surface area (Å²) in [6.45, 7) is 6.98. The van der Waals surface area contributed by atoms with Gasteiger partial charge < -0.3 is 14.5 Å². The minimum atomic E-state index is 0.142. The Balaban J connectivity index is 2.29. The topological polar surface area (TPSA) is 32.8 Å². The van der Waals surface area contributed by atoms with Crippen LogP contribution in [0, 0.1) is 5.92 Å². The molecule has 1 aliphatic heterocycles. The minimum absolute atomic E-state index is 0.142. The van der Waals surface area contributed by atoms with Gasteiger partial charge in [0.15, 0.2) is 0 Å². The van der Waals surface area contributed by atoms with Crippen molar-refractivity contribution in [2.45, 2.75) is 19.3 Å². The Labute approximate surface area is 104 Å². The number of piperidine rings is 1. The number of amides is 2. The molecule has 0 unspecified atom stereocenters. The third-order valence-electron chi connectivity index (χ3n) is 3.31. The van der Waals surface area contributed by atoms with E-state index in [9.17, 15) is 4.79 Å². The van der Waals surface area contributed by atoms with E-state index in [0.29, 0.717) is 12.5 Å². The third-order valence-corrected chi connectivity index (χ3v) is 3.31. The van der Waals surface area contributed by atoms with E-state index in [2.05, 4.69) is 6.58 Å². The number of nitrogens with zero attached hydrogens (tertiary/aromatic N) is 2. The van der Waals surface area contributed by atoms with Crippen molar-refractivity contribution in [3.8, 4) is 0 Å². The SMILES string of the molecule is C=CC1CCN(C(=O)N(C)CCCOC)CC1. The molecule has 1 fully saturated rings. The van der Waals surface area contributed by atoms with Crippen molar-refractivity contribution in [1.29, 1.82) is 0 Å². The van der Waals surface area contributed by atoms with Gasteiger partial charge in [-0.2, -0.15) is 0 Å². The van der Waals surface area contributed by atoms with Crippen LogP contribution in [0.1, 0.15) is 19.3 Å². The smallest absolute Gasteiger partial charge is 0.319 e. The summed E-state index contributed by atoms with van der Waals surface area (Å²) in [5, 5.41) is 0. The predicted molar refractivity (Wildman–Crippen MR) is 69.0 cm³/mol. The van der Waals surface area contributed by atoms with Gasteiger partial charge >= 0.3 is 6.03 Å². The lowest BCUT2D eigenvalue weighted by molar-refractivity contribution is 0.138. The molecule has 0 aromatic rings. The zero-order valence-corrected chi connectivity index (χ0v) is 11.0. The van der Waals surface area contributed by atoms with Gasteiger partial charge in [-0.25, -0.2) is 4.79 Å². The van der Waals surface area contributed by atoms with Crippen LogP contribution in [0.15, 0.2) is 12.7 Å². The first-order valence-corrected chi connectivity index (χ1v) is 6.30. The Hall–Kier alpha value is -1.03. The van der Waals surface area contributed by atoms with E-state index >= 15 is 0 Å². The Bertz CT molecular complexity index is 248. The zero-order valence-electron chi connectivity index (χ0n) is 11.0. The molecule has 1 heterocycles. The van der Waals surface area contributed by atoms with E-state index in [0.717, 1.165) is 38.9 Å². The van der Waals surface area contributed by atoms with Crippen LogP contribution in [0.4, 0.5) is 4.79 Å². The summed E-state index contributed by atoms with van der Waals surface area (Å²) in [6, 6.07) is 0.142. The summed E-state index contributed by atoms with van der Waals surface area (Å²) in [5.74, 6) is 0.581. The molecule has 0 spiro atoms. The van der Waals surface area contributed by atoms with Gasteiger partial charge in [-0.05, 0) is 25.2 Å². The molecular weight excluding hydrogens is 216 g/mol. The molecule has 1 aliphatic rings. The first-order chi connectivity index (χ1) is 8.19. The second-order valence-electron chi connectivity index (χ2n) is 4.61. The van der Waals surface area contributed by atoms with Gasteiger partial charge in [-0.15, -0.1) is 6.58 Å². The Morgan fingerprint density at radius 2 is 2.18 bits per heavy atom. The van der Waals surface area contributed by atoms with E-state index in [1.54, 1.807) is 12.0 Å². The van der Waals surface area contributed by atoms with Crippen molar-refractivity contribution < 1.29 is 9.53 Å². The van der Waals surface area contributed by atoms with Crippen LogP contribution >= 0.6 is 0 Å². The molecule has 4 heteroatoms. The van der Waals surface area contributed by atoms with Crippen molar-refractivity contribution >= 4 is 6.03 Å². The molecule has 0 radical (unpaired) electrons. The number of rotatable bonds is 5. The summed E-state index contributed by atoms with van der Waals surface area (Å²) in [4.78, 5) is 15.8. The van der Waals surface area contributed by atoms with Crippen LogP contribution < -0.4 is 0 Å². The van der Waals surface area contributed by atoms with Gasteiger partial charge in [0.1, 0.15) is 0 Å². The van der Waals surface area contributed by atoms with Gasteiger partial charge in [0, 0.05) is 40.4 Å². The Morgan fingerprint density at radius 1 is 1.53 bits per heavy atom. The summed E-state index contributed by atoms with van der Waals surface area (Å²) < 4.78 is 4.98. The quantitative estimate of drug-likeness (QED) is 0.544. The van der Waals surface area contributed by atoms with Gasteiger partial charge in [0.25, 0.3) is 0 Å². The third kappa shape index (κ3) is 4.38. The van der Waals surface area contributed by atoms with E-state index in [-0.39, 0.29) is 6.03 Å². The maximum absolute atomic E-state index is 12.1. The molecule has 0 aromatic carbocycles. The van der Waals surface area contributed by atoms with Crippen molar-refractivity contribution in [2.75, 3.05) is 40.4 Å². The van der Waals surface area contributed by atoms with E-state index < -0.39 is 0 Å². The lowest BCUT2D eigenvalue weighted by Gasteiger charge is -2.33. The van der Waals surface area contributed by atoms with Gasteiger partial charge in [0.2, 0.25) is 0 Å². The zero-order chi connectivity index (χ0) is 12.7. The molecule has 17 heavy (non-hydrogen) atoms. The lowest BCUT2D eigenvalue weighted by atomic mass is 9.97. The normalized spacial score (nSPS) is 16.9. The molecule has 0 aromatic heterocycles. The van der Waals surface area contributed by atoms with E-state index in [4.69, 9.17) is 4.74 Å². The van der Waals surface area contributed by atoms with Gasteiger partial charge in [0.05, 0.1) is 0 Å². The Kier molecular flexibility index (Phi) is 6.05. The average molecular weight is 240 g/mol. The highest BCUT2D eigenvalue weighted by molar-refractivity contribution is 5.74. The number of hydrogen-bond acceptors (Lipinski definition) is 2. The molecule has 1 saturated heterocycles. The Morgan fingerprint density at radius 3 is 2.71 bits per heavy atom. The number of carbonyl (C=O) groups excluding carboxylic acids is 1. The first kappa shape index (κ1) is 14.0. The monoisotopic (exact) mass is 240 g/mol. The number of allylic oxidation sites excluding steroid dienone is 1. The van der Waals surface area contributed by atoms with Crippen LogP contribution in [0.5, 0.6) is 0 Å². The van der Waals surface area contributed by atoms with E-state index in [1.165, 1.54) is 0 Å². The number of carbonyl (C=O) groups is 1. The molecule has 0 saturated carbocycles. The van der Waals surface area contributed by atoms with Crippen molar-refractivity contribution in [1.82, 2.24) is 9.80 Å². The summed E-state index contributed by atoms with van der Waals surface area (Å²) >= 11 is 0. The van der Waals surface area contributed by atoms with Gasteiger partial charge in [-0.1, -0.05) is 6.08 Å². The highest BCUT2D eigenvalue weighted by Gasteiger charge is 2.23. The van der Waals surface area contributed by atoms with Crippen LogP contribution in [0.2, 0.25) is 0 Å². The summed E-state index contributed by atoms with van der Waals surface area (Å²) in [7, 11) is 3.54.